The van der Waals surface area contributed by atoms with Gasteiger partial charge in [-0.05, 0) is 49.7 Å². The maximum Gasteiger partial charge on any atom is 0.260 e. The Morgan fingerprint density at radius 3 is 1.54 bits per heavy atom. The van der Waals surface area contributed by atoms with Gasteiger partial charge in [0.25, 0.3) is 5.91 Å². The molecule has 202 valence electrons. The van der Waals surface area contributed by atoms with Gasteiger partial charge in [-0.25, -0.2) is 0 Å². The molecule has 0 aliphatic carbocycles. The number of benzene rings is 1. The largest absolute Gasteiger partial charge is 0.339 e. The monoisotopic (exact) mass is 504 g/mol. The molecule has 0 fully saturated rings. The van der Waals surface area contributed by atoms with E-state index in [-0.39, 0.29) is 0 Å². The highest BCUT2D eigenvalue weighted by Crippen LogP contribution is 2.59. The molecule has 1 amide bonds. The molecule has 0 saturated carbocycles. The van der Waals surface area contributed by atoms with E-state index in [2.05, 4.69) is 76.8 Å². The van der Waals surface area contributed by atoms with Crippen molar-refractivity contribution in [1.82, 2.24) is 4.90 Å². The molecule has 0 radical (unpaired) electrons. The van der Waals surface area contributed by atoms with Crippen molar-refractivity contribution in [3.8, 4) is 0 Å². The van der Waals surface area contributed by atoms with Crippen LogP contribution in [0.4, 0.5) is 0 Å². The van der Waals surface area contributed by atoms with Crippen LogP contribution in [0.1, 0.15) is 119 Å². The number of hydrogen-bond acceptors (Lipinski definition) is 1. The standard InChI is InChI=1S/C32H59NOP/c1-7-9-11-13-15-20-24-35(31-22-18-17-19-23-31,25-21-16-14-12-10-8-2)28-32(34)33(26-29(3)4)27-30(5)6/h17-19,22-23,29-30H,7-16,20-21,24-28H2,1-6H3/q+1. The zero-order chi connectivity index (χ0) is 25.9. The van der Waals surface area contributed by atoms with Crippen molar-refractivity contribution in [2.75, 3.05) is 31.6 Å². The maximum absolute atomic E-state index is 13.9. The predicted octanol–water partition coefficient (Wildman–Crippen LogP) is 9.19. The van der Waals surface area contributed by atoms with E-state index in [1.807, 2.05) is 0 Å². The van der Waals surface area contributed by atoms with Crippen LogP contribution in [-0.4, -0.2) is 42.4 Å². The molecule has 0 heterocycles. The first-order valence-corrected chi connectivity index (χ1v) is 17.4. The van der Waals surface area contributed by atoms with Crippen LogP contribution >= 0.6 is 7.26 Å². The molecule has 0 saturated heterocycles. The van der Waals surface area contributed by atoms with E-state index in [0.717, 1.165) is 19.3 Å². The van der Waals surface area contributed by atoms with Gasteiger partial charge in [0.1, 0.15) is 6.16 Å². The van der Waals surface area contributed by atoms with Gasteiger partial charge in [0.15, 0.2) is 0 Å². The smallest absolute Gasteiger partial charge is 0.260 e. The normalized spacial score (nSPS) is 12.0. The van der Waals surface area contributed by atoms with Gasteiger partial charge in [0.05, 0.1) is 24.9 Å². The molecule has 3 heteroatoms. The summed E-state index contributed by atoms with van der Waals surface area (Å²) in [6.45, 7) is 15.3. The summed E-state index contributed by atoms with van der Waals surface area (Å²) in [4.78, 5) is 16.1. The lowest BCUT2D eigenvalue weighted by molar-refractivity contribution is -0.129. The summed E-state index contributed by atoms with van der Waals surface area (Å²) in [5, 5.41) is 1.50. The molecule has 35 heavy (non-hydrogen) atoms. The Morgan fingerprint density at radius 2 is 1.11 bits per heavy atom. The molecule has 0 atom stereocenters. The van der Waals surface area contributed by atoms with Crippen LogP contribution < -0.4 is 5.30 Å². The van der Waals surface area contributed by atoms with Gasteiger partial charge < -0.3 is 4.90 Å². The number of rotatable bonds is 21. The molecule has 1 aromatic carbocycles. The first kappa shape index (κ1) is 32.1. The van der Waals surface area contributed by atoms with Gasteiger partial charge in [-0.3, -0.25) is 4.79 Å². The van der Waals surface area contributed by atoms with Gasteiger partial charge >= 0.3 is 0 Å². The Hall–Kier alpha value is -0.880. The molecule has 0 aliphatic rings. The van der Waals surface area contributed by atoms with Crippen LogP contribution in [0, 0.1) is 11.8 Å². The Labute approximate surface area is 220 Å². The molecular formula is C32H59NOP+. The summed E-state index contributed by atoms with van der Waals surface area (Å²) < 4.78 is 0. The van der Waals surface area contributed by atoms with E-state index in [1.54, 1.807) is 0 Å². The highest BCUT2D eigenvalue weighted by Gasteiger charge is 2.42. The second kappa shape index (κ2) is 19.3. The number of carbonyl (C=O) groups excluding carboxylic acids is 1. The number of hydrogen-bond donors (Lipinski definition) is 0. The van der Waals surface area contributed by atoms with Crippen molar-refractivity contribution < 1.29 is 4.79 Å². The third-order valence-corrected chi connectivity index (χ3v) is 11.8. The molecule has 1 rings (SSSR count). The summed E-state index contributed by atoms with van der Waals surface area (Å²) in [5.41, 5.74) is 0. The van der Waals surface area contributed by atoms with Crippen LogP contribution in [0.3, 0.4) is 0 Å². The molecular weight excluding hydrogens is 445 g/mol. The lowest BCUT2D eigenvalue weighted by atomic mass is 10.1. The van der Waals surface area contributed by atoms with Crippen LogP contribution in [0.2, 0.25) is 0 Å². The highest BCUT2D eigenvalue weighted by atomic mass is 31.2. The topological polar surface area (TPSA) is 20.3 Å². The number of carbonyl (C=O) groups is 1. The Bertz CT molecular complexity index is 616. The molecule has 0 aromatic heterocycles. The van der Waals surface area contributed by atoms with Crippen molar-refractivity contribution in [2.45, 2.75) is 119 Å². The lowest BCUT2D eigenvalue weighted by Crippen LogP contribution is -2.40. The fraction of sp³-hybridized carbons (Fsp3) is 0.781. The predicted molar refractivity (Wildman–Crippen MR) is 161 cm³/mol. The number of nitrogens with zero attached hydrogens (tertiary/aromatic N) is 1. The summed E-state index contributed by atoms with van der Waals surface area (Å²) in [6, 6.07) is 11.3. The third-order valence-electron chi connectivity index (χ3n) is 7.15. The molecule has 0 spiro atoms. The quantitative estimate of drug-likeness (QED) is 0.121. The molecule has 1 aromatic rings. The molecule has 0 N–H and O–H groups in total. The zero-order valence-corrected chi connectivity index (χ0v) is 25.3. The minimum atomic E-state index is -1.55. The van der Waals surface area contributed by atoms with Gasteiger partial charge in [-0.1, -0.05) is 111 Å². The molecule has 2 nitrogen and oxygen atoms in total. The minimum Gasteiger partial charge on any atom is -0.339 e. The maximum atomic E-state index is 13.9. The van der Waals surface area contributed by atoms with E-state index in [0.29, 0.717) is 17.7 Å². The van der Waals surface area contributed by atoms with E-state index >= 15 is 0 Å². The van der Waals surface area contributed by atoms with E-state index in [1.165, 1.54) is 94.7 Å². The van der Waals surface area contributed by atoms with Crippen molar-refractivity contribution in [2.24, 2.45) is 11.8 Å². The Morgan fingerprint density at radius 1 is 0.686 bits per heavy atom. The summed E-state index contributed by atoms with van der Waals surface area (Å²) in [7, 11) is -1.55. The SMILES string of the molecule is CCCCCCCC[P+](CCCCCCCC)(CC(=O)N(CC(C)C)CC(C)C)c1ccccc1. The van der Waals surface area contributed by atoms with Gasteiger partial charge in [0.2, 0.25) is 0 Å². The van der Waals surface area contributed by atoms with E-state index < -0.39 is 7.26 Å². The van der Waals surface area contributed by atoms with Crippen molar-refractivity contribution in [1.29, 1.82) is 0 Å². The number of unbranched alkanes of at least 4 members (excludes halogenated alkanes) is 10. The van der Waals surface area contributed by atoms with E-state index in [9.17, 15) is 4.79 Å². The van der Waals surface area contributed by atoms with E-state index in [4.69, 9.17) is 0 Å². The second-order valence-electron chi connectivity index (χ2n) is 11.7. The molecule has 0 aliphatic heterocycles. The molecule has 0 unspecified atom stereocenters. The summed E-state index contributed by atoms with van der Waals surface area (Å²) >= 11 is 0. The zero-order valence-electron chi connectivity index (χ0n) is 24.4. The summed E-state index contributed by atoms with van der Waals surface area (Å²) in [6.07, 6.45) is 19.2. The fourth-order valence-electron chi connectivity index (χ4n) is 5.27. The first-order valence-electron chi connectivity index (χ1n) is 15.0. The van der Waals surface area contributed by atoms with Crippen molar-refractivity contribution in [3.05, 3.63) is 30.3 Å². The molecule has 0 bridgehead atoms. The van der Waals surface area contributed by atoms with Gasteiger partial charge in [-0.15, -0.1) is 0 Å². The van der Waals surface area contributed by atoms with Crippen LogP contribution in [-0.2, 0) is 4.79 Å². The van der Waals surface area contributed by atoms with Crippen LogP contribution in [0.25, 0.3) is 0 Å². The first-order chi connectivity index (χ1) is 16.8. The van der Waals surface area contributed by atoms with Crippen molar-refractivity contribution >= 4 is 18.5 Å². The van der Waals surface area contributed by atoms with Gasteiger partial charge in [0, 0.05) is 13.1 Å². The average molecular weight is 505 g/mol. The Kier molecular flexibility index (Phi) is 17.7. The Balaban J connectivity index is 3.09. The van der Waals surface area contributed by atoms with Crippen molar-refractivity contribution in [3.63, 3.8) is 0 Å². The average Bonchev–Trinajstić information content (AvgIpc) is 2.82. The second-order valence-corrected chi connectivity index (χ2v) is 15.7. The van der Waals surface area contributed by atoms with Gasteiger partial charge in [-0.2, -0.15) is 0 Å². The lowest BCUT2D eigenvalue weighted by Gasteiger charge is -2.32. The fourth-order valence-corrected chi connectivity index (χ4v) is 9.69. The highest BCUT2D eigenvalue weighted by molar-refractivity contribution is 7.83. The number of amides is 1. The minimum absolute atomic E-state index is 0.418. The van der Waals surface area contributed by atoms with Crippen LogP contribution in [0.15, 0.2) is 30.3 Å². The van der Waals surface area contributed by atoms with Crippen LogP contribution in [0.5, 0.6) is 0 Å². The third kappa shape index (κ3) is 13.9. The summed E-state index contributed by atoms with van der Waals surface area (Å²) in [5.74, 6) is 1.44.